The Morgan fingerprint density at radius 1 is 1.48 bits per heavy atom. The molecule has 0 unspecified atom stereocenters. The van der Waals surface area contributed by atoms with Crippen LogP contribution in [-0.4, -0.2) is 48.2 Å². The molecule has 114 valence electrons. The van der Waals surface area contributed by atoms with Crippen molar-refractivity contribution in [3.63, 3.8) is 0 Å². The van der Waals surface area contributed by atoms with Crippen molar-refractivity contribution >= 4 is 33.1 Å². The van der Waals surface area contributed by atoms with Gasteiger partial charge in [0, 0.05) is 18.5 Å². The number of hydrogen-bond donors (Lipinski definition) is 2. The first kappa shape index (κ1) is 15.7. The van der Waals surface area contributed by atoms with Crippen LogP contribution in [0.3, 0.4) is 0 Å². The molecule has 2 rings (SSSR count). The molecular formula is C14H21N5OS. The molecule has 0 saturated heterocycles. The minimum Gasteiger partial charge on any atom is -0.397 e. The smallest absolute Gasteiger partial charge is 0.263 e. The van der Waals surface area contributed by atoms with Crippen molar-refractivity contribution in [2.45, 2.75) is 13.8 Å². The van der Waals surface area contributed by atoms with Gasteiger partial charge in [0.2, 0.25) is 0 Å². The zero-order valence-corrected chi connectivity index (χ0v) is 13.6. The van der Waals surface area contributed by atoms with E-state index in [4.69, 9.17) is 5.73 Å². The molecule has 2 aromatic rings. The van der Waals surface area contributed by atoms with Crippen molar-refractivity contribution in [2.24, 2.45) is 5.41 Å². The fourth-order valence-electron chi connectivity index (χ4n) is 2.35. The van der Waals surface area contributed by atoms with Crippen molar-refractivity contribution < 1.29 is 4.79 Å². The fourth-order valence-corrected chi connectivity index (χ4v) is 3.31. The molecule has 2 aromatic heterocycles. The van der Waals surface area contributed by atoms with Gasteiger partial charge in [-0.15, -0.1) is 16.4 Å². The van der Waals surface area contributed by atoms with Crippen LogP contribution in [0.25, 0.3) is 10.2 Å². The summed E-state index contributed by atoms with van der Waals surface area (Å²) in [7, 11) is 4.04. The maximum atomic E-state index is 12.3. The lowest BCUT2D eigenvalue weighted by atomic mass is 9.93. The zero-order chi connectivity index (χ0) is 15.6. The summed E-state index contributed by atoms with van der Waals surface area (Å²) in [5.74, 6) is -0.151. The van der Waals surface area contributed by atoms with Crippen molar-refractivity contribution in [3.05, 3.63) is 17.1 Å². The van der Waals surface area contributed by atoms with Crippen molar-refractivity contribution in [1.82, 2.24) is 20.4 Å². The van der Waals surface area contributed by atoms with Gasteiger partial charge in [-0.1, -0.05) is 13.8 Å². The highest BCUT2D eigenvalue weighted by Gasteiger charge is 2.22. The van der Waals surface area contributed by atoms with E-state index in [9.17, 15) is 4.79 Å². The Kier molecular flexibility index (Phi) is 4.43. The van der Waals surface area contributed by atoms with Crippen LogP contribution >= 0.6 is 11.3 Å². The van der Waals surface area contributed by atoms with Crippen LogP contribution < -0.4 is 11.1 Å². The maximum Gasteiger partial charge on any atom is 0.263 e. The Balaban J connectivity index is 2.11. The van der Waals surface area contributed by atoms with Crippen LogP contribution in [-0.2, 0) is 0 Å². The second kappa shape index (κ2) is 5.95. The molecule has 0 aliphatic carbocycles. The van der Waals surface area contributed by atoms with Gasteiger partial charge in [0.05, 0.1) is 11.9 Å². The Labute approximate surface area is 128 Å². The Morgan fingerprint density at radius 2 is 2.19 bits per heavy atom. The molecule has 0 aliphatic rings. The fraction of sp³-hybridized carbons (Fsp3) is 0.500. The van der Waals surface area contributed by atoms with E-state index in [1.54, 1.807) is 12.3 Å². The lowest BCUT2D eigenvalue weighted by Crippen LogP contribution is -2.39. The Hall–Kier alpha value is -1.73. The van der Waals surface area contributed by atoms with Crippen LogP contribution in [0, 0.1) is 5.41 Å². The van der Waals surface area contributed by atoms with E-state index in [2.05, 4.69) is 34.3 Å². The first-order chi connectivity index (χ1) is 9.80. The highest BCUT2D eigenvalue weighted by molar-refractivity contribution is 7.21. The van der Waals surface area contributed by atoms with E-state index in [0.29, 0.717) is 21.9 Å². The summed E-state index contributed by atoms with van der Waals surface area (Å²) in [6, 6.07) is 1.78. The van der Waals surface area contributed by atoms with Crippen LogP contribution in [0.2, 0.25) is 0 Å². The molecule has 0 spiro atoms. The minimum absolute atomic E-state index is 0.00951. The molecule has 0 aromatic carbocycles. The van der Waals surface area contributed by atoms with Gasteiger partial charge in [-0.25, -0.2) is 0 Å². The summed E-state index contributed by atoms with van der Waals surface area (Å²) in [5, 5.41) is 11.6. The van der Waals surface area contributed by atoms with Crippen LogP contribution in [0.4, 0.5) is 5.69 Å². The number of thiophene rings is 1. The summed E-state index contributed by atoms with van der Waals surface area (Å²) >= 11 is 1.28. The van der Waals surface area contributed by atoms with Crippen LogP contribution in [0.15, 0.2) is 12.3 Å². The quantitative estimate of drug-likeness (QED) is 0.876. The number of rotatable bonds is 5. The standard InChI is InChI=1S/C14H21N5OS/c1-14(2,8-19(3)4)7-16-12(20)11-10(15)9-5-6-17-18-13(9)21-11/h5-6H,7-8,15H2,1-4H3,(H,16,20). The molecular weight excluding hydrogens is 286 g/mol. The number of fused-ring (bicyclic) bond motifs is 1. The molecule has 2 heterocycles. The number of hydrogen-bond acceptors (Lipinski definition) is 6. The van der Waals surface area contributed by atoms with Gasteiger partial charge >= 0.3 is 0 Å². The largest absolute Gasteiger partial charge is 0.397 e. The summed E-state index contributed by atoms with van der Waals surface area (Å²) in [6.45, 7) is 5.71. The topological polar surface area (TPSA) is 84.1 Å². The molecule has 0 bridgehead atoms. The second-order valence-electron chi connectivity index (χ2n) is 6.18. The van der Waals surface area contributed by atoms with Gasteiger partial charge in [-0.3, -0.25) is 4.79 Å². The van der Waals surface area contributed by atoms with Gasteiger partial charge in [0.1, 0.15) is 9.71 Å². The molecule has 7 heteroatoms. The summed E-state index contributed by atoms with van der Waals surface area (Å²) < 4.78 is 0. The molecule has 1 amide bonds. The lowest BCUT2D eigenvalue weighted by Gasteiger charge is -2.28. The van der Waals surface area contributed by atoms with Gasteiger partial charge in [-0.05, 0) is 25.6 Å². The molecule has 0 saturated carbocycles. The van der Waals surface area contributed by atoms with Crippen molar-refractivity contribution in [1.29, 1.82) is 0 Å². The number of amides is 1. The summed E-state index contributed by atoms with van der Waals surface area (Å²) in [5.41, 5.74) is 6.50. The van der Waals surface area contributed by atoms with Gasteiger partial charge < -0.3 is 16.0 Å². The highest BCUT2D eigenvalue weighted by Crippen LogP contribution is 2.31. The maximum absolute atomic E-state index is 12.3. The van der Waals surface area contributed by atoms with E-state index < -0.39 is 0 Å². The Morgan fingerprint density at radius 3 is 2.81 bits per heavy atom. The number of carbonyl (C=O) groups is 1. The number of nitrogens with two attached hydrogens (primary N) is 1. The monoisotopic (exact) mass is 307 g/mol. The molecule has 0 fully saturated rings. The van der Waals surface area contributed by atoms with E-state index in [0.717, 1.165) is 11.9 Å². The van der Waals surface area contributed by atoms with Crippen LogP contribution in [0.1, 0.15) is 23.5 Å². The van der Waals surface area contributed by atoms with Crippen molar-refractivity contribution in [3.8, 4) is 0 Å². The number of nitrogen functional groups attached to an aromatic ring is 1. The number of nitrogens with zero attached hydrogens (tertiary/aromatic N) is 3. The van der Waals surface area contributed by atoms with E-state index in [-0.39, 0.29) is 11.3 Å². The van der Waals surface area contributed by atoms with E-state index in [1.165, 1.54) is 11.3 Å². The number of aromatic nitrogens is 2. The molecule has 0 atom stereocenters. The Bertz CT molecular complexity index is 650. The third-order valence-corrected chi connectivity index (χ3v) is 4.20. The van der Waals surface area contributed by atoms with Gasteiger partial charge in [-0.2, -0.15) is 5.10 Å². The highest BCUT2D eigenvalue weighted by atomic mass is 32.1. The lowest BCUT2D eigenvalue weighted by molar-refractivity contribution is 0.0934. The molecule has 21 heavy (non-hydrogen) atoms. The zero-order valence-electron chi connectivity index (χ0n) is 12.8. The molecule has 0 radical (unpaired) electrons. The van der Waals surface area contributed by atoms with Gasteiger partial charge in [0.15, 0.2) is 0 Å². The molecule has 0 aliphatic heterocycles. The predicted molar refractivity (Wildman–Crippen MR) is 86.5 cm³/mol. The molecule has 6 nitrogen and oxygen atoms in total. The van der Waals surface area contributed by atoms with Crippen molar-refractivity contribution in [2.75, 3.05) is 32.9 Å². The number of carbonyl (C=O) groups excluding carboxylic acids is 1. The first-order valence-corrected chi connectivity index (χ1v) is 7.54. The summed E-state index contributed by atoms with van der Waals surface area (Å²) in [4.78, 5) is 15.6. The number of anilines is 1. The predicted octanol–water partition coefficient (Wildman–Crippen LogP) is 1.59. The van der Waals surface area contributed by atoms with E-state index in [1.807, 2.05) is 14.1 Å². The summed E-state index contributed by atoms with van der Waals surface area (Å²) in [6.07, 6.45) is 1.58. The normalized spacial score (nSPS) is 12.0. The minimum atomic E-state index is -0.151. The van der Waals surface area contributed by atoms with Crippen LogP contribution in [0.5, 0.6) is 0 Å². The average molecular weight is 307 g/mol. The SMILES string of the molecule is CN(C)CC(C)(C)CNC(=O)c1sc2nnccc2c1N. The number of nitrogens with one attached hydrogen (secondary N) is 1. The average Bonchev–Trinajstić information content (AvgIpc) is 2.73. The first-order valence-electron chi connectivity index (χ1n) is 6.73. The third kappa shape index (κ3) is 3.68. The van der Waals surface area contributed by atoms with Gasteiger partial charge in [0.25, 0.3) is 5.91 Å². The second-order valence-corrected chi connectivity index (χ2v) is 7.18. The molecule has 3 N–H and O–H groups in total. The van der Waals surface area contributed by atoms with E-state index >= 15 is 0 Å². The third-order valence-electron chi connectivity index (χ3n) is 3.10.